The molecule has 1 aromatic carbocycles. The van der Waals surface area contributed by atoms with Crippen LogP contribution in [0.5, 0.6) is 0 Å². The molecule has 2 aromatic rings. The van der Waals surface area contributed by atoms with Crippen molar-refractivity contribution < 1.29 is 9.47 Å². The van der Waals surface area contributed by atoms with E-state index in [1.807, 2.05) is 26.0 Å². The van der Waals surface area contributed by atoms with Crippen molar-refractivity contribution in [3.8, 4) is 0 Å². The van der Waals surface area contributed by atoms with Crippen LogP contribution in [0, 0.1) is 0 Å². The summed E-state index contributed by atoms with van der Waals surface area (Å²) in [5.74, 6) is 0. The number of nitrogens with zero attached hydrogens (tertiary/aromatic N) is 2. The smallest absolute Gasteiger partial charge is 0.157 e. The molecule has 108 valence electrons. The quantitative estimate of drug-likeness (QED) is 0.692. The van der Waals surface area contributed by atoms with Gasteiger partial charge in [-0.2, -0.15) is 0 Å². The minimum absolute atomic E-state index is 0.0916. The molecule has 0 spiro atoms. The van der Waals surface area contributed by atoms with Crippen LogP contribution in [-0.4, -0.2) is 29.5 Å². The molecule has 0 aliphatic rings. The van der Waals surface area contributed by atoms with Crippen LogP contribution >= 0.6 is 0 Å². The lowest BCUT2D eigenvalue weighted by atomic mass is 10.1. The molecule has 1 aromatic heterocycles. The van der Waals surface area contributed by atoms with Gasteiger partial charge >= 0.3 is 0 Å². The predicted octanol–water partition coefficient (Wildman–Crippen LogP) is 3.35. The first-order valence-electron chi connectivity index (χ1n) is 7.27. The van der Waals surface area contributed by atoms with Crippen LogP contribution in [0.2, 0.25) is 0 Å². The van der Waals surface area contributed by atoms with Crippen LogP contribution in [0.1, 0.15) is 32.3 Å². The largest absolute Gasteiger partial charge is 0.353 e. The summed E-state index contributed by atoms with van der Waals surface area (Å²) >= 11 is 0. The van der Waals surface area contributed by atoms with Crippen molar-refractivity contribution in [1.29, 1.82) is 0 Å². The van der Waals surface area contributed by atoms with E-state index in [4.69, 9.17) is 9.47 Å². The second-order valence-corrected chi connectivity index (χ2v) is 4.57. The van der Waals surface area contributed by atoms with Gasteiger partial charge < -0.3 is 9.47 Å². The molecule has 1 heterocycles. The highest BCUT2D eigenvalue weighted by Gasteiger charge is 2.09. The number of benzene rings is 1. The zero-order valence-corrected chi connectivity index (χ0v) is 12.2. The lowest BCUT2D eigenvalue weighted by Gasteiger charge is -2.16. The first kappa shape index (κ1) is 14.9. The van der Waals surface area contributed by atoms with Gasteiger partial charge in [0.15, 0.2) is 6.29 Å². The molecule has 4 nitrogen and oxygen atoms in total. The van der Waals surface area contributed by atoms with Gasteiger partial charge in [-0.15, -0.1) is 0 Å². The second kappa shape index (κ2) is 7.92. The first-order chi connectivity index (χ1) is 9.85. The lowest BCUT2D eigenvalue weighted by Crippen LogP contribution is -2.17. The summed E-state index contributed by atoms with van der Waals surface area (Å²) in [5.41, 5.74) is 3.19. The molecule has 4 heteroatoms. The molecule has 0 aliphatic carbocycles. The highest BCUT2D eigenvalue weighted by Crippen LogP contribution is 2.17. The topological polar surface area (TPSA) is 44.2 Å². The van der Waals surface area contributed by atoms with Gasteiger partial charge in [0.1, 0.15) is 0 Å². The average Bonchev–Trinajstić information content (AvgIpc) is 2.48. The Morgan fingerprint density at radius 3 is 2.55 bits per heavy atom. The van der Waals surface area contributed by atoms with E-state index in [9.17, 15) is 0 Å². The highest BCUT2D eigenvalue weighted by atomic mass is 16.7. The summed E-state index contributed by atoms with van der Waals surface area (Å²) in [6.45, 7) is 5.35. The standard InChI is InChI=1S/C16H22N2O2/c1-3-19-15(20-4-2)10-6-8-13-7-5-9-14-16(13)18-12-11-17-14/h5,7,9,11-12,15H,3-4,6,8,10H2,1-2H3. The van der Waals surface area contributed by atoms with Crippen LogP contribution in [0.3, 0.4) is 0 Å². The fraction of sp³-hybridized carbons (Fsp3) is 0.500. The molecule has 0 aliphatic heterocycles. The average molecular weight is 274 g/mol. The van der Waals surface area contributed by atoms with Crippen molar-refractivity contribution in [1.82, 2.24) is 9.97 Å². The van der Waals surface area contributed by atoms with Crippen molar-refractivity contribution in [2.45, 2.75) is 39.4 Å². The zero-order valence-electron chi connectivity index (χ0n) is 12.2. The number of rotatable bonds is 8. The number of fused-ring (bicyclic) bond motifs is 1. The van der Waals surface area contributed by atoms with E-state index in [-0.39, 0.29) is 6.29 Å². The van der Waals surface area contributed by atoms with Gasteiger partial charge in [-0.05, 0) is 44.7 Å². The molecule has 0 saturated heterocycles. The monoisotopic (exact) mass is 274 g/mol. The number of para-hydroxylation sites is 1. The number of hydrogen-bond acceptors (Lipinski definition) is 4. The second-order valence-electron chi connectivity index (χ2n) is 4.57. The Balaban J connectivity index is 1.95. The molecule has 0 fully saturated rings. The molecule has 0 radical (unpaired) electrons. The molecule has 2 rings (SSSR count). The Kier molecular flexibility index (Phi) is 5.89. The maximum Gasteiger partial charge on any atom is 0.157 e. The molecule has 0 unspecified atom stereocenters. The predicted molar refractivity (Wildman–Crippen MR) is 79.5 cm³/mol. The van der Waals surface area contributed by atoms with Crippen LogP contribution < -0.4 is 0 Å². The fourth-order valence-corrected chi connectivity index (χ4v) is 2.30. The number of aryl methyl sites for hydroxylation is 1. The summed E-state index contributed by atoms with van der Waals surface area (Å²) in [5, 5.41) is 0. The van der Waals surface area contributed by atoms with Gasteiger partial charge in [-0.25, -0.2) is 0 Å². The summed E-state index contributed by atoms with van der Waals surface area (Å²) in [6, 6.07) is 6.15. The molecule has 0 saturated carbocycles. The van der Waals surface area contributed by atoms with Gasteiger partial charge in [0.25, 0.3) is 0 Å². The van der Waals surface area contributed by atoms with Gasteiger partial charge in [-0.1, -0.05) is 12.1 Å². The Morgan fingerprint density at radius 2 is 1.80 bits per heavy atom. The minimum atomic E-state index is -0.0916. The van der Waals surface area contributed by atoms with Crippen LogP contribution in [0.25, 0.3) is 11.0 Å². The fourth-order valence-electron chi connectivity index (χ4n) is 2.30. The van der Waals surface area contributed by atoms with Gasteiger partial charge in [0.2, 0.25) is 0 Å². The molecule has 0 N–H and O–H groups in total. The summed E-state index contributed by atoms with van der Waals surface area (Å²) < 4.78 is 11.1. The van der Waals surface area contributed by atoms with Crippen molar-refractivity contribution in [3.63, 3.8) is 0 Å². The molecule has 0 atom stereocenters. The summed E-state index contributed by atoms with van der Waals surface area (Å²) in [6.07, 6.45) is 6.26. The van der Waals surface area contributed by atoms with E-state index < -0.39 is 0 Å². The van der Waals surface area contributed by atoms with Crippen LogP contribution in [0.15, 0.2) is 30.6 Å². The van der Waals surface area contributed by atoms with E-state index in [1.165, 1.54) is 5.56 Å². The van der Waals surface area contributed by atoms with Crippen LogP contribution in [-0.2, 0) is 15.9 Å². The van der Waals surface area contributed by atoms with E-state index in [0.717, 1.165) is 30.3 Å². The third-order valence-corrected chi connectivity index (χ3v) is 3.17. The molecular formula is C16H22N2O2. The molecule has 20 heavy (non-hydrogen) atoms. The third-order valence-electron chi connectivity index (χ3n) is 3.17. The maximum absolute atomic E-state index is 5.56. The number of aromatic nitrogens is 2. The van der Waals surface area contributed by atoms with E-state index in [2.05, 4.69) is 16.0 Å². The molecular weight excluding hydrogens is 252 g/mol. The Hall–Kier alpha value is -1.52. The van der Waals surface area contributed by atoms with Crippen LogP contribution in [0.4, 0.5) is 0 Å². The molecule has 0 bridgehead atoms. The van der Waals surface area contributed by atoms with E-state index >= 15 is 0 Å². The lowest BCUT2D eigenvalue weighted by molar-refractivity contribution is -0.139. The zero-order chi connectivity index (χ0) is 14.2. The maximum atomic E-state index is 5.56. The SMILES string of the molecule is CCOC(CCCc1cccc2nccnc12)OCC. The van der Waals surface area contributed by atoms with Crippen molar-refractivity contribution in [2.24, 2.45) is 0 Å². The van der Waals surface area contributed by atoms with Gasteiger partial charge in [-0.3, -0.25) is 9.97 Å². The number of ether oxygens (including phenoxy) is 2. The third kappa shape index (κ3) is 3.99. The molecule has 0 amide bonds. The van der Waals surface area contributed by atoms with E-state index in [1.54, 1.807) is 12.4 Å². The minimum Gasteiger partial charge on any atom is -0.353 e. The normalized spacial score (nSPS) is 11.3. The van der Waals surface area contributed by atoms with E-state index in [0.29, 0.717) is 13.2 Å². The number of hydrogen-bond donors (Lipinski definition) is 0. The Morgan fingerprint density at radius 1 is 1.05 bits per heavy atom. The summed E-state index contributed by atoms with van der Waals surface area (Å²) in [7, 11) is 0. The van der Waals surface area contributed by atoms with Crippen molar-refractivity contribution >= 4 is 11.0 Å². The Bertz CT molecular complexity index is 519. The highest BCUT2D eigenvalue weighted by molar-refractivity contribution is 5.77. The first-order valence-corrected chi connectivity index (χ1v) is 7.27. The van der Waals surface area contributed by atoms with Gasteiger partial charge in [0, 0.05) is 25.6 Å². The Labute approximate surface area is 120 Å². The van der Waals surface area contributed by atoms with Crippen molar-refractivity contribution in [2.75, 3.05) is 13.2 Å². The summed E-state index contributed by atoms with van der Waals surface area (Å²) in [4.78, 5) is 8.76. The van der Waals surface area contributed by atoms with Gasteiger partial charge in [0.05, 0.1) is 11.0 Å². The van der Waals surface area contributed by atoms with Crippen molar-refractivity contribution in [3.05, 3.63) is 36.2 Å².